The van der Waals surface area contributed by atoms with Crippen LogP contribution in [0.25, 0.3) is 0 Å². The Morgan fingerprint density at radius 3 is 2.36 bits per heavy atom. The number of fused-ring (bicyclic) bond motifs is 1. The number of carbonyl (C=O) groups excluding carboxylic acids is 1. The topological polar surface area (TPSA) is 29.1 Å². The number of unbranched alkanes of at least 4 members (excludes halogenated alkanes) is 1. The van der Waals surface area contributed by atoms with Crippen LogP contribution in [0.1, 0.15) is 52.0 Å². The highest BCUT2D eigenvalue weighted by Crippen LogP contribution is 2.82. The van der Waals surface area contributed by atoms with Crippen LogP contribution in [0, 0.1) is 16.2 Å². The summed E-state index contributed by atoms with van der Waals surface area (Å²) >= 11 is 11.3. The van der Waals surface area contributed by atoms with Gasteiger partial charge in [-0.2, -0.15) is 0 Å². The quantitative estimate of drug-likeness (QED) is 0.406. The largest absolute Gasteiger partial charge is 0.326 e. The normalized spacial score (nSPS) is 32.5. The first-order chi connectivity index (χ1) is 11.7. The number of carbonyl (C=O) groups is 1. The highest BCUT2D eigenvalue weighted by Gasteiger charge is 2.83. The minimum absolute atomic E-state index is 0.0638. The van der Waals surface area contributed by atoms with Crippen molar-refractivity contribution in [1.29, 1.82) is 0 Å². The molecule has 25 heavy (non-hydrogen) atoms. The standard InChI is InChI=1S/C20H26Br3NO/c1-4-5-6-13-7-9-14(10-8-13)24-17(25)20-12-11-19(15(20)21,16(22)23)18(20,2)3/h7-10,15-16H,4-6,11-12H2,1-3H3,(H,24,25). The number of nitrogens with one attached hydrogen (secondary N) is 1. The third-order valence-corrected chi connectivity index (χ3v) is 10.2. The van der Waals surface area contributed by atoms with Crippen molar-refractivity contribution in [3.8, 4) is 0 Å². The molecule has 3 aliphatic carbocycles. The third kappa shape index (κ3) is 2.62. The van der Waals surface area contributed by atoms with E-state index in [1.54, 1.807) is 0 Å². The number of hydrogen-bond donors (Lipinski definition) is 1. The van der Waals surface area contributed by atoms with Gasteiger partial charge in [0.05, 0.1) is 9.15 Å². The lowest BCUT2D eigenvalue weighted by molar-refractivity contribution is -0.155. The van der Waals surface area contributed by atoms with Gasteiger partial charge in [-0.15, -0.1) is 0 Å². The van der Waals surface area contributed by atoms with E-state index in [-0.39, 0.29) is 30.7 Å². The van der Waals surface area contributed by atoms with Gasteiger partial charge in [0.15, 0.2) is 0 Å². The van der Waals surface area contributed by atoms with Gasteiger partial charge in [-0.05, 0) is 48.8 Å². The lowest BCUT2D eigenvalue weighted by atomic mass is 9.43. The molecule has 2 bridgehead atoms. The molecule has 1 N–H and O–H groups in total. The SMILES string of the molecule is CCCCc1ccc(NC(=O)C23CCC(C(Br)Br)(C2Br)C3(C)C)cc1. The van der Waals surface area contributed by atoms with Crippen molar-refractivity contribution >= 4 is 59.4 Å². The number of hydrogen-bond acceptors (Lipinski definition) is 1. The minimum Gasteiger partial charge on any atom is -0.326 e. The van der Waals surface area contributed by atoms with Gasteiger partial charge in [-0.3, -0.25) is 4.79 Å². The van der Waals surface area contributed by atoms with E-state index in [0.29, 0.717) is 0 Å². The molecule has 5 heteroatoms. The molecule has 3 aliphatic rings. The number of halogens is 3. The molecule has 3 unspecified atom stereocenters. The Hall–Kier alpha value is 0.130. The highest BCUT2D eigenvalue weighted by atomic mass is 79.9. The maximum absolute atomic E-state index is 13.3. The lowest BCUT2D eigenvalue weighted by Gasteiger charge is -2.66. The molecule has 0 radical (unpaired) electrons. The molecule has 0 spiro atoms. The summed E-state index contributed by atoms with van der Waals surface area (Å²) in [6, 6.07) is 8.33. The van der Waals surface area contributed by atoms with Gasteiger partial charge in [0.2, 0.25) is 5.91 Å². The first-order valence-electron chi connectivity index (χ1n) is 9.06. The monoisotopic (exact) mass is 533 g/mol. The molecule has 0 heterocycles. The van der Waals surface area contributed by atoms with Crippen LogP contribution in [0.15, 0.2) is 24.3 Å². The molecule has 3 atom stereocenters. The van der Waals surface area contributed by atoms with E-state index in [1.165, 1.54) is 18.4 Å². The molecule has 3 fully saturated rings. The molecular formula is C20H26Br3NO. The van der Waals surface area contributed by atoms with Crippen molar-refractivity contribution in [1.82, 2.24) is 0 Å². The van der Waals surface area contributed by atoms with Crippen molar-refractivity contribution in [2.45, 2.75) is 61.4 Å². The molecule has 0 saturated heterocycles. The smallest absolute Gasteiger partial charge is 0.232 e. The second-order valence-electron chi connectivity index (χ2n) is 8.05. The average Bonchev–Trinajstić information content (AvgIpc) is 3.04. The summed E-state index contributed by atoms with van der Waals surface area (Å²) in [5.41, 5.74) is 1.87. The fourth-order valence-corrected chi connectivity index (χ4v) is 9.99. The molecule has 138 valence electrons. The van der Waals surface area contributed by atoms with Gasteiger partial charge in [-0.25, -0.2) is 0 Å². The summed E-state index contributed by atoms with van der Waals surface area (Å²) < 4.78 is 0.202. The van der Waals surface area contributed by atoms with Gasteiger partial charge in [-0.1, -0.05) is 87.1 Å². The third-order valence-electron chi connectivity index (χ3n) is 6.92. The second kappa shape index (κ2) is 6.94. The Bertz CT molecular complexity index is 657. The van der Waals surface area contributed by atoms with Gasteiger partial charge in [0, 0.05) is 15.9 Å². The highest BCUT2D eigenvalue weighted by molar-refractivity contribution is 9.24. The Kier molecular flexibility index (Phi) is 5.52. The Labute approximate surface area is 176 Å². The molecule has 0 aliphatic heterocycles. The van der Waals surface area contributed by atoms with Gasteiger partial charge < -0.3 is 5.32 Å². The first-order valence-corrected chi connectivity index (χ1v) is 11.8. The maximum atomic E-state index is 13.3. The van der Waals surface area contributed by atoms with E-state index in [9.17, 15) is 4.79 Å². The molecule has 0 aromatic heterocycles. The van der Waals surface area contributed by atoms with E-state index in [4.69, 9.17) is 0 Å². The number of amides is 1. The first kappa shape index (κ1) is 19.9. The summed E-state index contributed by atoms with van der Waals surface area (Å²) in [4.78, 5) is 13.4. The van der Waals surface area contributed by atoms with Gasteiger partial charge in [0.1, 0.15) is 0 Å². The van der Waals surface area contributed by atoms with Crippen LogP contribution in [0.2, 0.25) is 0 Å². The van der Waals surface area contributed by atoms with Crippen molar-refractivity contribution in [3.63, 3.8) is 0 Å². The van der Waals surface area contributed by atoms with Gasteiger partial charge >= 0.3 is 0 Å². The predicted octanol–water partition coefficient (Wildman–Crippen LogP) is 6.65. The van der Waals surface area contributed by atoms with Crippen LogP contribution in [0.3, 0.4) is 0 Å². The van der Waals surface area contributed by atoms with Crippen molar-refractivity contribution in [3.05, 3.63) is 29.8 Å². The van der Waals surface area contributed by atoms with E-state index in [1.807, 2.05) is 12.1 Å². The van der Waals surface area contributed by atoms with Crippen LogP contribution in [0.4, 0.5) is 5.69 Å². The van der Waals surface area contributed by atoms with Crippen LogP contribution >= 0.6 is 47.8 Å². The average molecular weight is 536 g/mol. The molecular weight excluding hydrogens is 510 g/mol. The number of rotatable bonds is 6. The molecule has 4 rings (SSSR count). The molecule has 1 aromatic rings. The van der Waals surface area contributed by atoms with E-state index >= 15 is 0 Å². The summed E-state index contributed by atoms with van der Waals surface area (Å²) in [6.45, 7) is 6.68. The lowest BCUT2D eigenvalue weighted by Crippen LogP contribution is -2.71. The fourth-order valence-electron chi connectivity index (χ4n) is 5.08. The van der Waals surface area contributed by atoms with Crippen LogP contribution < -0.4 is 5.32 Å². The zero-order valence-corrected chi connectivity index (χ0v) is 19.8. The van der Waals surface area contributed by atoms with Crippen LogP contribution in [0.5, 0.6) is 0 Å². The van der Waals surface area contributed by atoms with E-state index in [2.05, 4.69) is 86.0 Å². The van der Waals surface area contributed by atoms with Crippen LogP contribution in [-0.2, 0) is 11.2 Å². The zero-order chi connectivity index (χ0) is 18.5. The summed E-state index contributed by atoms with van der Waals surface area (Å²) in [7, 11) is 0. The Morgan fingerprint density at radius 2 is 1.88 bits per heavy atom. The molecule has 3 saturated carbocycles. The molecule has 1 amide bonds. The number of aryl methyl sites for hydroxylation is 1. The zero-order valence-electron chi connectivity index (χ0n) is 15.0. The number of alkyl halides is 3. The Morgan fingerprint density at radius 1 is 1.24 bits per heavy atom. The minimum atomic E-state index is -0.353. The maximum Gasteiger partial charge on any atom is 0.232 e. The van der Waals surface area contributed by atoms with Crippen molar-refractivity contribution in [2.75, 3.05) is 5.32 Å². The summed E-state index contributed by atoms with van der Waals surface area (Å²) in [5.74, 6) is 0.148. The molecule has 2 nitrogen and oxygen atoms in total. The van der Waals surface area contributed by atoms with E-state index < -0.39 is 0 Å². The number of anilines is 1. The van der Waals surface area contributed by atoms with Gasteiger partial charge in [0.25, 0.3) is 0 Å². The van der Waals surface area contributed by atoms with E-state index in [0.717, 1.165) is 24.9 Å². The summed E-state index contributed by atoms with van der Waals surface area (Å²) in [6.07, 6.45) is 5.47. The van der Waals surface area contributed by atoms with Crippen molar-refractivity contribution in [2.24, 2.45) is 16.2 Å². The molecule has 1 aromatic carbocycles. The number of benzene rings is 1. The second-order valence-corrected chi connectivity index (χ2v) is 12.0. The Balaban J connectivity index is 1.76. The summed E-state index contributed by atoms with van der Waals surface area (Å²) in [5, 5.41) is 3.19. The predicted molar refractivity (Wildman–Crippen MR) is 116 cm³/mol. The fraction of sp³-hybridized carbons (Fsp3) is 0.650. The van der Waals surface area contributed by atoms with Crippen molar-refractivity contribution < 1.29 is 4.79 Å². The van der Waals surface area contributed by atoms with Crippen LogP contribution in [-0.4, -0.2) is 14.5 Å².